The summed E-state index contributed by atoms with van der Waals surface area (Å²) in [5.41, 5.74) is -0.272. The highest BCUT2D eigenvalue weighted by molar-refractivity contribution is 9.10. The number of hydrogen-bond acceptors (Lipinski definition) is 6. The molecule has 28 heavy (non-hydrogen) atoms. The maximum atomic E-state index is 13.6. The predicted molar refractivity (Wildman–Crippen MR) is 102 cm³/mol. The van der Waals surface area contributed by atoms with Crippen LogP contribution in [0, 0.1) is 15.9 Å². The Hall–Kier alpha value is -2.72. The second-order valence-corrected chi connectivity index (χ2v) is 6.73. The van der Waals surface area contributed by atoms with Crippen molar-refractivity contribution in [2.24, 2.45) is 0 Å². The zero-order valence-electron chi connectivity index (χ0n) is 14.3. The maximum absolute atomic E-state index is 13.6. The minimum absolute atomic E-state index is 0.00282. The molecule has 1 unspecified atom stereocenters. The van der Waals surface area contributed by atoms with Crippen molar-refractivity contribution in [3.05, 3.63) is 61.8 Å². The predicted octanol–water partition coefficient (Wildman–Crippen LogP) is 4.10. The first-order chi connectivity index (χ1) is 13.2. The van der Waals surface area contributed by atoms with Gasteiger partial charge < -0.3 is 14.8 Å². The minimum Gasteiger partial charge on any atom is -0.479 e. The summed E-state index contributed by atoms with van der Waals surface area (Å²) in [6.07, 6.45) is -1.25. The number of non-ortho nitro benzene ring substituents is 1. The van der Waals surface area contributed by atoms with Gasteiger partial charge in [0.05, 0.1) is 15.6 Å². The van der Waals surface area contributed by atoms with Gasteiger partial charge in [0, 0.05) is 16.6 Å². The molecule has 0 aliphatic heterocycles. The first kappa shape index (κ1) is 21.6. The second kappa shape index (κ2) is 9.47. The largest absolute Gasteiger partial charge is 0.479 e. The Morgan fingerprint density at radius 3 is 2.68 bits per heavy atom. The fraction of sp³-hybridized carbons (Fsp3) is 0.176. The Morgan fingerprint density at radius 1 is 1.32 bits per heavy atom. The van der Waals surface area contributed by atoms with Gasteiger partial charge in [0.1, 0.15) is 0 Å². The van der Waals surface area contributed by atoms with E-state index in [4.69, 9.17) is 21.1 Å². The van der Waals surface area contributed by atoms with Crippen molar-refractivity contribution >= 4 is 50.8 Å². The summed E-state index contributed by atoms with van der Waals surface area (Å²) >= 11 is 8.99. The summed E-state index contributed by atoms with van der Waals surface area (Å²) in [5, 5.41) is 13.2. The van der Waals surface area contributed by atoms with Crippen LogP contribution in [0.15, 0.2) is 40.9 Å². The zero-order valence-corrected chi connectivity index (χ0v) is 16.6. The van der Waals surface area contributed by atoms with E-state index < -0.39 is 35.3 Å². The number of esters is 1. The molecule has 1 N–H and O–H groups in total. The number of nitro groups is 1. The van der Waals surface area contributed by atoms with Crippen molar-refractivity contribution in [1.82, 2.24) is 0 Å². The molecule has 148 valence electrons. The summed E-state index contributed by atoms with van der Waals surface area (Å²) in [4.78, 5) is 34.1. The molecule has 0 fully saturated rings. The SMILES string of the molecule is CC(OC(=O)COc1ccc(Br)cc1F)C(=O)Nc1cc([N+](=O)[O-])ccc1Cl. The van der Waals surface area contributed by atoms with E-state index in [1.165, 1.54) is 37.3 Å². The lowest BCUT2D eigenvalue weighted by Crippen LogP contribution is -2.31. The highest BCUT2D eigenvalue weighted by atomic mass is 79.9. The van der Waals surface area contributed by atoms with E-state index in [0.717, 1.165) is 6.07 Å². The molecule has 2 aromatic rings. The Bertz CT molecular complexity index is 927. The van der Waals surface area contributed by atoms with Gasteiger partial charge in [-0.3, -0.25) is 14.9 Å². The van der Waals surface area contributed by atoms with Crippen LogP contribution in [0.4, 0.5) is 15.8 Å². The summed E-state index contributed by atoms with van der Waals surface area (Å²) in [6, 6.07) is 7.54. The van der Waals surface area contributed by atoms with Crippen molar-refractivity contribution in [1.29, 1.82) is 0 Å². The van der Waals surface area contributed by atoms with Gasteiger partial charge in [0.15, 0.2) is 24.3 Å². The van der Waals surface area contributed by atoms with E-state index in [2.05, 4.69) is 21.2 Å². The number of hydrogen-bond donors (Lipinski definition) is 1. The molecule has 0 saturated heterocycles. The number of amides is 1. The zero-order chi connectivity index (χ0) is 20.8. The summed E-state index contributed by atoms with van der Waals surface area (Å²) in [7, 11) is 0. The molecule has 0 aliphatic carbocycles. The first-order valence-corrected chi connectivity index (χ1v) is 8.86. The molecule has 8 nitrogen and oxygen atoms in total. The van der Waals surface area contributed by atoms with Crippen LogP contribution >= 0.6 is 27.5 Å². The molecular weight excluding hydrogens is 463 g/mol. The van der Waals surface area contributed by atoms with Crippen molar-refractivity contribution in [2.75, 3.05) is 11.9 Å². The number of nitro benzene ring substituents is 1. The Morgan fingerprint density at radius 2 is 2.04 bits per heavy atom. The van der Waals surface area contributed by atoms with Gasteiger partial charge in [0.2, 0.25) is 0 Å². The number of carbonyl (C=O) groups is 2. The molecule has 0 aliphatic rings. The quantitative estimate of drug-likeness (QED) is 0.367. The molecule has 0 saturated carbocycles. The number of ether oxygens (including phenoxy) is 2. The molecule has 0 radical (unpaired) electrons. The van der Waals surface area contributed by atoms with Crippen LogP contribution in [0.2, 0.25) is 5.02 Å². The smallest absolute Gasteiger partial charge is 0.344 e. The summed E-state index contributed by atoms with van der Waals surface area (Å²) in [5.74, 6) is -2.49. The average Bonchev–Trinajstić information content (AvgIpc) is 2.62. The van der Waals surface area contributed by atoms with Crippen LogP contribution in [0.1, 0.15) is 6.92 Å². The summed E-state index contributed by atoms with van der Waals surface area (Å²) in [6.45, 7) is 0.673. The number of nitrogens with one attached hydrogen (secondary N) is 1. The molecule has 0 bridgehead atoms. The van der Waals surface area contributed by atoms with Gasteiger partial charge in [-0.05, 0) is 31.2 Å². The fourth-order valence-electron chi connectivity index (χ4n) is 1.97. The van der Waals surface area contributed by atoms with Crippen LogP contribution in [0.25, 0.3) is 0 Å². The lowest BCUT2D eigenvalue weighted by molar-refractivity contribution is -0.384. The number of benzene rings is 2. The normalized spacial score (nSPS) is 11.4. The molecule has 11 heteroatoms. The third kappa shape index (κ3) is 5.89. The Kier molecular flexibility index (Phi) is 7.30. The van der Waals surface area contributed by atoms with Gasteiger partial charge in [-0.25, -0.2) is 9.18 Å². The Balaban J connectivity index is 1.92. The third-order valence-electron chi connectivity index (χ3n) is 3.34. The molecule has 2 rings (SSSR count). The monoisotopic (exact) mass is 474 g/mol. The second-order valence-electron chi connectivity index (χ2n) is 5.41. The number of nitrogens with zero attached hydrogens (tertiary/aromatic N) is 1. The van der Waals surface area contributed by atoms with Gasteiger partial charge in [0.25, 0.3) is 11.6 Å². The van der Waals surface area contributed by atoms with Crippen LogP contribution in [-0.2, 0) is 14.3 Å². The van der Waals surface area contributed by atoms with Crippen molar-refractivity contribution in [2.45, 2.75) is 13.0 Å². The highest BCUT2D eigenvalue weighted by Crippen LogP contribution is 2.27. The molecule has 1 amide bonds. The minimum atomic E-state index is -1.25. The van der Waals surface area contributed by atoms with Gasteiger partial charge >= 0.3 is 5.97 Å². The molecule has 0 spiro atoms. The molecular formula is C17H13BrClFN2O6. The molecule has 2 aromatic carbocycles. The highest BCUT2D eigenvalue weighted by Gasteiger charge is 2.20. The Labute approximate surface area is 171 Å². The van der Waals surface area contributed by atoms with Crippen molar-refractivity contribution in [3.63, 3.8) is 0 Å². The molecule has 1 atom stereocenters. The van der Waals surface area contributed by atoms with Gasteiger partial charge in [-0.15, -0.1) is 0 Å². The van der Waals surface area contributed by atoms with Crippen molar-refractivity contribution < 1.29 is 28.4 Å². The lowest BCUT2D eigenvalue weighted by Gasteiger charge is -2.14. The third-order valence-corrected chi connectivity index (χ3v) is 4.16. The van der Waals surface area contributed by atoms with Crippen molar-refractivity contribution in [3.8, 4) is 5.75 Å². The standard InChI is InChI=1S/C17H13BrClFN2O6/c1-9(17(24)21-14-7-11(22(25)26)3-4-12(14)19)28-16(23)8-27-15-5-2-10(18)6-13(15)20/h2-7,9H,8H2,1H3,(H,21,24). The number of rotatable bonds is 7. The van der Waals surface area contributed by atoms with Crippen LogP contribution in [0.5, 0.6) is 5.75 Å². The summed E-state index contributed by atoms with van der Waals surface area (Å²) < 4.78 is 24.1. The van der Waals surface area contributed by atoms with Crippen LogP contribution in [0.3, 0.4) is 0 Å². The topological polar surface area (TPSA) is 108 Å². The van der Waals surface area contributed by atoms with E-state index in [1.807, 2.05) is 0 Å². The lowest BCUT2D eigenvalue weighted by atomic mass is 10.2. The van der Waals surface area contributed by atoms with Crippen LogP contribution < -0.4 is 10.1 Å². The maximum Gasteiger partial charge on any atom is 0.344 e. The average molecular weight is 476 g/mol. The van der Waals surface area contributed by atoms with E-state index in [0.29, 0.717) is 4.47 Å². The number of halogens is 3. The van der Waals surface area contributed by atoms with E-state index in [1.54, 1.807) is 0 Å². The molecule has 0 heterocycles. The van der Waals surface area contributed by atoms with E-state index >= 15 is 0 Å². The number of carbonyl (C=O) groups excluding carboxylic acids is 2. The van der Waals surface area contributed by atoms with Gasteiger partial charge in [-0.2, -0.15) is 0 Å². The van der Waals surface area contributed by atoms with Gasteiger partial charge in [-0.1, -0.05) is 27.5 Å². The number of anilines is 1. The van der Waals surface area contributed by atoms with E-state index in [9.17, 15) is 24.1 Å². The van der Waals surface area contributed by atoms with E-state index in [-0.39, 0.29) is 22.1 Å². The first-order valence-electron chi connectivity index (χ1n) is 7.69. The molecule has 0 aromatic heterocycles. The fourth-order valence-corrected chi connectivity index (χ4v) is 2.47. The van der Waals surface area contributed by atoms with Crippen LogP contribution in [-0.4, -0.2) is 29.5 Å².